The highest BCUT2D eigenvalue weighted by Crippen LogP contribution is 2.34. The lowest BCUT2D eigenvalue weighted by Gasteiger charge is -2.22. The second-order valence-corrected chi connectivity index (χ2v) is 11.4. The molecule has 0 atom stereocenters. The fraction of sp³-hybridized carbons (Fsp3) is 0.100. The molecule has 0 unspecified atom stereocenters. The molecule has 0 saturated heterocycles. The zero-order valence-corrected chi connectivity index (χ0v) is 20.4. The Morgan fingerprint density at radius 1 is 0.903 bits per heavy atom. The van der Waals surface area contributed by atoms with E-state index >= 15 is 0 Å². The van der Waals surface area contributed by atoms with Crippen molar-refractivity contribution >= 4 is 59.0 Å². The smallest absolute Gasteiger partial charge is 0.264 e. The summed E-state index contributed by atoms with van der Waals surface area (Å²) in [6.45, 7) is 0. The number of hydrogen-bond acceptors (Lipinski definition) is 5. The third-order valence-corrected chi connectivity index (χ3v) is 8.31. The zero-order chi connectivity index (χ0) is 22.8. The largest absolute Gasteiger partial charge is 0.495 e. The zero-order valence-electron chi connectivity index (χ0n) is 16.4. The first-order chi connectivity index (χ1) is 14.5. The molecule has 0 aromatic heterocycles. The van der Waals surface area contributed by atoms with Crippen LogP contribution in [0.4, 0.5) is 11.4 Å². The Balaban J connectivity index is 2.01. The normalized spacial score (nSPS) is 11.7. The minimum Gasteiger partial charge on any atom is -0.495 e. The SMILES string of the molecule is COc1ccc(S(=O)(=O)Nc2ccc(Br)cc2)cc1N(C)S(=O)(=O)c1ccc(Cl)cc1. The van der Waals surface area contributed by atoms with Crippen molar-refractivity contribution in [1.82, 2.24) is 0 Å². The minimum atomic E-state index is -3.99. The van der Waals surface area contributed by atoms with E-state index in [1.807, 2.05) is 0 Å². The van der Waals surface area contributed by atoms with Crippen LogP contribution in [-0.2, 0) is 20.0 Å². The first-order valence-electron chi connectivity index (χ1n) is 8.75. The standard InChI is InChI=1S/C20H18BrClN2O5S2/c1-24(31(27,28)17-9-5-15(22)6-10-17)19-13-18(11-12-20(19)29-2)30(25,26)23-16-7-3-14(21)4-8-16/h3-13,23H,1-2H3. The van der Waals surface area contributed by atoms with E-state index in [1.54, 1.807) is 24.3 Å². The second kappa shape index (κ2) is 9.07. The third-order valence-electron chi connectivity index (χ3n) is 4.37. The van der Waals surface area contributed by atoms with Gasteiger partial charge in [-0.3, -0.25) is 9.03 Å². The molecule has 0 bridgehead atoms. The number of rotatable bonds is 7. The molecule has 7 nitrogen and oxygen atoms in total. The number of halogens is 2. The molecule has 31 heavy (non-hydrogen) atoms. The predicted molar refractivity (Wildman–Crippen MR) is 125 cm³/mol. The quantitative estimate of drug-likeness (QED) is 0.463. The van der Waals surface area contributed by atoms with Gasteiger partial charge >= 0.3 is 0 Å². The van der Waals surface area contributed by atoms with Crippen molar-refractivity contribution in [2.75, 3.05) is 23.2 Å². The topological polar surface area (TPSA) is 92.8 Å². The third kappa shape index (κ3) is 5.15. The number of nitrogens with zero attached hydrogens (tertiary/aromatic N) is 1. The number of methoxy groups -OCH3 is 1. The van der Waals surface area contributed by atoms with E-state index in [0.29, 0.717) is 10.7 Å². The molecule has 3 rings (SSSR count). The summed E-state index contributed by atoms with van der Waals surface area (Å²) in [5.74, 6) is 0.197. The van der Waals surface area contributed by atoms with Crippen molar-refractivity contribution in [3.05, 3.63) is 76.2 Å². The lowest BCUT2D eigenvalue weighted by atomic mass is 10.3. The average Bonchev–Trinajstić information content (AvgIpc) is 2.74. The molecule has 11 heteroatoms. The summed E-state index contributed by atoms with van der Waals surface area (Å²) in [5.41, 5.74) is 0.429. The molecule has 0 fully saturated rings. The number of hydrogen-bond donors (Lipinski definition) is 1. The van der Waals surface area contributed by atoms with Crippen molar-refractivity contribution in [2.45, 2.75) is 9.79 Å². The minimum absolute atomic E-state index is 0.00250. The summed E-state index contributed by atoms with van der Waals surface area (Å²) < 4.78 is 61.4. The Morgan fingerprint density at radius 3 is 2.06 bits per heavy atom. The Kier molecular flexibility index (Phi) is 6.85. The molecule has 0 spiro atoms. The number of benzene rings is 3. The highest BCUT2D eigenvalue weighted by molar-refractivity contribution is 9.10. The van der Waals surface area contributed by atoms with Crippen LogP contribution in [0.1, 0.15) is 0 Å². The molecule has 0 radical (unpaired) electrons. The highest BCUT2D eigenvalue weighted by atomic mass is 79.9. The molecule has 0 saturated carbocycles. The van der Waals surface area contributed by atoms with Gasteiger partial charge in [-0.1, -0.05) is 27.5 Å². The van der Waals surface area contributed by atoms with Crippen LogP contribution >= 0.6 is 27.5 Å². The Labute approximate surface area is 194 Å². The average molecular weight is 546 g/mol. The van der Waals surface area contributed by atoms with Crippen LogP contribution in [-0.4, -0.2) is 31.0 Å². The van der Waals surface area contributed by atoms with Gasteiger partial charge in [-0.25, -0.2) is 16.8 Å². The predicted octanol–water partition coefficient (Wildman–Crippen LogP) is 4.74. The van der Waals surface area contributed by atoms with Crippen LogP contribution in [0.2, 0.25) is 5.02 Å². The van der Waals surface area contributed by atoms with E-state index in [9.17, 15) is 16.8 Å². The van der Waals surface area contributed by atoms with Gasteiger partial charge in [0.25, 0.3) is 20.0 Å². The van der Waals surface area contributed by atoms with Gasteiger partial charge in [0.1, 0.15) is 5.75 Å². The number of sulfonamides is 2. The monoisotopic (exact) mass is 544 g/mol. The van der Waals surface area contributed by atoms with Gasteiger partial charge in [0.15, 0.2) is 0 Å². The fourth-order valence-corrected chi connectivity index (χ4v) is 5.38. The number of anilines is 2. The molecule has 164 valence electrons. The molecular weight excluding hydrogens is 528 g/mol. The summed E-state index contributed by atoms with van der Waals surface area (Å²) in [4.78, 5) is -0.118. The summed E-state index contributed by atoms with van der Waals surface area (Å²) in [5, 5.41) is 0.395. The lowest BCUT2D eigenvalue weighted by molar-refractivity contribution is 0.415. The van der Waals surface area contributed by atoms with Crippen LogP contribution in [0.3, 0.4) is 0 Å². The van der Waals surface area contributed by atoms with Crippen molar-refractivity contribution in [2.24, 2.45) is 0 Å². The second-order valence-electron chi connectivity index (χ2n) is 6.37. The van der Waals surface area contributed by atoms with Crippen LogP contribution in [0.25, 0.3) is 0 Å². The van der Waals surface area contributed by atoms with Crippen LogP contribution in [0, 0.1) is 0 Å². The maximum Gasteiger partial charge on any atom is 0.264 e. The number of ether oxygens (including phenoxy) is 1. The Morgan fingerprint density at radius 2 is 1.48 bits per heavy atom. The highest BCUT2D eigenvalue weighted by Gasteiger charge is 2.26. The molecule has 1 N–H and O–H groups in total. The van der Waals surface area contributed by atoms with E-state index in [1.165, 1.54) is 56.6 Å². The maximum atomic E-state index is 13.1. The van der Waals surface area contributed by atoms with E-state index in [-0.39, 0.29) is 21.2 Å². The van der Waals surface area contributed by atoms with E-state index in [4.69, 9.17) is 16.3 Å². The molecule has 0 aliphatic rings. The van der Waals surface area contributed by atoms with Crippen molar-refractivity contribution in [1.29, 1.82) is 0 Å². The fourth-order valence-electron chi connectivity index (χ4n) is 2.71. The summed E-state index contributed by atoms with van der Waals surface area (Å²) in [7, 11) is -5.29. The van der Waals surface area contributed by atoms with E-state index < -0.39 is 20.0 Å². The molecule has 3 aromatic carbocycles. The summed E-state index contributed by atoms with van der Waals surface area (Å²) in [6, 6.07) is 16.2. The first-order valence-corrected chi connectivity index (χ1v) is 12.8. The van der Waals surface area contributed by atoms with Crippen LogP contribution < -0.4 is 13.8 Å². The lowest BCUT2D eigenvalue weighted by Crippen LogP contribution is -2.27. The number of nitrogens with one attached hydrogen (secondary N) is 1. The van der Waals surface area contributed by atoms with Crippen molar-refractivity contribution in [3.63, 3.8) is 0 Å². The van der Waals surface area contributed by atoms with Gasteiger partial charge in [-0.2, -0.15) is 0 Å². The Hall–Kier alpha value is -2.27. The van der Waals surface area contributed by atoms with Crippen LogP contribution in [0.15, 0.2) is 81.0 Å². The molecule has 0 amide bonds. The van der Waals surface area contributed by atoms with Gasteiger partial charge in [0.05, 0.1) is 22.6 Å². The molecule has 3 aromatic rings. The van der Waals surface area contributed by atoms with Gasteiger partial charge < -0.3 is 4.74 Å². The molecule has 0 heterocycles. The van der Waals surface area contributed by atoms with E-state index in [2.05, 4.69) is 20.7 Å². The molecule has 0 aliphatic heterocycles. The Bertz CT molecular complexity index is 1300. The van der Waals surface area contributed by atoms with Crippen molar-refractivity contribution < 1.29 is 21.6 Å². The van der Waals surface area contributed by atoms with E-state index in [0.717, 1.165) is 8.78 Å². The molecular formula is C20H18BrClN2O5S2. The summed E-state index contributed by atoms with van der Waals surface area (Å²) >= 11 is 9.14. The van der Waals surface area contributed by atoms with Gasteiger partial charge in [0.2, 0.25) is 0 Å². The van der Waals surface area contributed by atoms with Gasteiger partial charge in [-0.05, 0) is 66.7 Å². The van der Waals surface area contributed by atoms with Crippen molar-refractivity contribution in [3.8, 4) is 5.75 Å². The van der Waals surface area contributed by atoms with Crippen LogP contribution in [0.5, 0.6) is 5.75 Å². The van der Waals surface area contributed by atoms with Gasteiger partial charge in [0, 0.05) is 22.2 Å². The van der Waals surface area contributed by atoms with Gasteiger partial charge in [-0.15, -0.1) is 0 Å². The summed E-state index contributed by atoms with van der Waals surface area (Å²) in [6.07, 6.45) is 0. The first kappa shape index (κ1) is 23.4. The maximum absolute atomic E-state index is 13.1. The molecule has 0 aliphatic carbocycles.